The number of benzene rings is 2. The van der Waals surface area contributed by atoms with E-state index in [-0.39, 0.29) is 0 Å². The van der Waals surface area contributed by atoms with Gasteiger partial charge in [0.15, 0.2) is 0 Å². The maximum atomic E-state index is 2.49. The summed E-state index contributed by atoms with van der Waals surface area (Å²) in [6.07, 6.45) is 10.6. The van der Waals surface area contributed by atoms with Crippen molar-refractivity contribution in [2.75, 3.05) is 0 Å². The van der Waals surface area contributed by atoms with Crippen LogP contribution >= 0.6 is 8.58 Å². The van der Waals surface area contributed by atoms with Gasteiger partial charge in [0.1, 0.15) is 0 Å². The summed E-state index contributed by atoms with van der Waals surface area (Å²) in [6, 6.07) is 17.9. The van der Waals surface area contributed by atoms with Gasteiger partial charge < -0.3 is 0 Å². The first kappa shape index (κ1) is 15.5. The Balaban J connectivity index is 1.65. The van der Waals surface area contributed by atoms with Crippen molar-refractivity contribution >= 4 is 20.0 Å². The molecule has 2 aromatic rings. The molecule has 2 aromatic carbocycles. The van der Waals surface area contributed by atoms with E-state index in [1.165, 1.54) is 22.9 Å². The summed E-state index contributed by atoms with van der Waals surface area (Å²) >= 11 is -0.860. The molecular weight excluding hydrogens is 462 g/mol. The van der Waals surface area contributed by atoms with Crippen molar-refractivity contribution in [3.05, 3.63) is 92.1 Å². The van der Waals surface area contributed by atoms with E-state index in [0.717, 1.165) is 12.3 Å². The Morgan fingerprint density at radius 1 is 1.04 bits per heavy atom. The van der Waals surface area contributed by atoms with Crippen molar-refractivity contribution in [3.63, 3.8) is 0 Å². The minimum atomic E-state index is -0.860. The van der Waals surface area contributed by atoms with Gasteiger partial charge in [0.2, 0.25) is 0 Å². The predicted octanol–water partition coefficient (Wildman–Crippen LogP) is 5.32. The molecule has 0 aliphatic heterocycles. The molecular formula is C21H19HfP. The van der Waals surface area contributed by atoms with Gasteiger partial charge in [-0.05, 0) is 0 Å². The molecule has 112 valence electrons. The molecule has 0 saturated carbocycles. The Morgan fingerprint density at radius 2 is 1.87 bits per heavy atom. The first-order valence-corrected chi connectivity index (χ1v) is 12.9. The Morgan fingerprint density at radius 3 is 2.70 bits per heavy atom. The summed E-state index contributed by atoms with van der Waals surface area (Å²) in [4.78, 5) is 0. The standard InChI is InChI=1S/C16H14P.C5H5.Hf/c1-12-6-2-5-9-16(12)17-15-10-13-7-3-4-8-14(13)11-15;1-2-4-5-3-1;/h2-11,17H,1H3;1-3H,4H2;. The molecule has 0 heterocycles. The number of rotatable bonds is 4. The molecule has 2 heteroatoms. The van der Waals surface area contributed by atoms with Gasteiger partial charge in [-0.15, -0.1) is 0 Å². The molecule has 0 nitrogen and oxygen atoms in total. The number of allylic oxidation sites excluding steroid dienone is 5. The SMILES string of the molecule is Cc1ccccc1PC1=Cc2ccccc2[CH]1[Hf][C]1=CC=CC1. The van der Waals surface area contributed by atoms with Gasteiger partial charge in [-0.1, -0.05) is 0 Å². The summed E-state index contributed by atoms with van der Waals surface area (Å²) in [7, 11) is 0.818. The van der Waals surface area contributed by atoms with Crippen molar-refractivity contribution in [1.29, 1.82) is 0 Å². The third-order valence-corrected chi connectivity index (χ3v) is 13.0. The zero-order valence-corrected chi connectivity index (χ0v) is 17.8. The molecule has 0 saturated heterocycles. The van der Waals surface area contributed by atoms with Crippen LogP contribution in [0.5, 0.6) is 0 Å². The Hall–Kier alpha value is -1.04. The van der Waals surface area contributed by atoms with Gasteiger partial charge >= 0.3 is 152 Å². The molecule has 0 fully saturated rings. The molecule has 0 N–H and O–H groups in total. The number of hydrogen-bond acceptors (Lipinski definition) is 0. The van der Waals surface area contributed by atoms with Crippen LogP contribution in [-0.2, 0) is 22.9 Å². The van der Waals surface area contributed by atoms with Crippen LogP contribution in [0.1, 0.15) is 26.8 Å². The molecule has 0 radical (unpaired) electrons. The molecule has 0 aromatic heterocycles. The number of hydrogen-bond donors (Lipinski definition) is 0. The second-order valence-corrected chi connectivity index (χ2v) is 12.9. The first-order chi connectivity index (χ1) is 11.3. The predicted molar refractivity (Wildman–Crippen MR) is 98.1 cm³/mol. The van der Waals surface area contributed by atoms with Crippen molar-refractivity contribution in [1.82, 2.24) is 0 Å². The Labute approximate surface area is 151 Å². The van der Waals surface area contributed by atoms with Crippen LogP contribution in [0.15, 0.2) is 75.4 Å². The van der Waals surface area contributed by atoms with Crippen LogP contribution < -0.4 is 5.30 Å². The normalized spacial score (nSPS) is 19.1. The van der Waals surface area contributed by atoms with Gasteiger partial charge in [-0.2, -0.15) is 0 Å². The zero-order valence-electron chi connectivity index (χ0n) is 13.2. The summed E-state index contributed by atoms with van der Waals surface area (Å²) in [6.45, 7) is 2.24. The van der Waals surface area contributed by atoms with Gasteiger partial charge in [0.05, 0.1) is 0 Å². The molecule has 2 atom stereocenters. The molecule has 23 heavy (non-hydrogen) atoms. The Bertz CT molecular complexity index is 829. The van der Waals surface area contributed by atoms with Gasteiger partial charge in [-0.25, -0.2) is 0 Å². The average Bonchev–Trinajstić information content (AvgIpc) is 3.19. The average molecular weight is 481 g/mol. The minimum absolute atomic E-state index is 0.746. The van der Waals surface area contributed by atoms with E-state index < -0.39 is 22.9 Å². The van der Waals surface area contributed by atoms with Gasteiger partial charge in [0, 0.05) is 0 Å². The fraction of sp³-hybridized carbons (Fsp3) is 0.143. The van der Waals surface area contributed by atoms with Crippen LogP contribution in [0.3, 0.4) is 0 Å². The molecule has 0 bridgehead atoms. The molecule has 2 aliphatic carbocycles. The zero-order chi connectivity index (χ0) is 15.6. The summed E-state index contributed by atoms with van der Waals surface area (Å²) in [5.74, 6) is 0. The summed E-state index contributed by atoms with van der Waals surface area (Å²) < 4.78 is 2.50. The molecule has 2 aliphatic rings. The third-order valence-electron chi connectivity index (χ3n) is 4.45. The van der Waals surface area contributed by atoms with E-state index in [2.05, 4.69) is 79.8 Å². The quantitative estimate of drug-likeness (QED) is 0.410. The number of fused-ring (bicyclic) bond motifs is 1. The maximum absolute atomic E-state index is 2.49. The van der Waals surface area contributed by atoms with Crippen LogP contribution in [0.25, 0.3) is 6.08 Å². The molecule has 2 unspecified atom stereocenters. The van der Waals surface area contributed by atoms with E-state index in [0.29, 0.717) is 0 Å². The monoisotopic (exact) mass is 482 g/mol. The fourth-order valence-corrected chi connectivity index (χ4v) is 11.1. The summed E-state index contributed by atoms with van der Waals surface area (Å²) in [5, 5.41) is 3.19. The van der Waals surface area contributed by atoms with Crippen LogP contribution in [0, 0.1) is 6.92 Å². The van der Waals surface area contributed by atoms with Gasteiger partial charge in [-0.3, -0.25) is 0 Å². The second-order valence-electron chi connectivity index (χ2n) is 6.07. The first-order valence-electron chi connectivity index (χ1n) is 8.07. The van der Waals surface area contributed by atoms with Crippen LogP contribution in [-0.4, -0.2) is 0 Å². The second kappa shape index (κ2) is 6.83. The topological polar surface area (TPSA) is 0 Å². The van der Waals surface area contributed by atoms with E-state index >= 15 is 0 Å². The van der Waals surface area contributed by atoms with Crippen molar-refractivity contribution in [2.24, 2.45) is 0 Å². The fourth-order valence-electron chi connectivity index (χ4n) is 3.20. The van der Waals surface area contributed by atoms with E-state index in [1.807, 2.05) is 0 Å². The van der Waals surface area contributed by atoms with Crippen molar-refractivity contribution in [3.8, 4) is 0 Å². The van der Waals surface area contributed by atoms with Crippen LogP contribution in [0.4, 0.5) is 0 Å². The number of aryl methyl sites for hydroxylation is 1. The molecule has 0 amide bonds. The van der Waals surface area contributed by atoms with E-state index in [9.17, 15) is 0 Å². The van der Waals surface area contributed by atoms with Crippen LogP contribution in [0.2, 0.25) is 0 Å². The molecule has 0 spiro atoms. The van der Waals surface area contributed by atoms with E-state index in [4.69, 9.17) is 0 Å². The Kier molecular flexibility index (Phi) is 4.60. The van der Waals surface area contributed by atoms with Crippen molar-refractivity contribution < 1.29 is 22.9 Å². The summed E-state index contributed by atoms with van der Waals surface area (Å²) in [5.41, 5.74) is 4.49. The molecule has 4 rings (SSSR count). The van der Waals surface area contributed by atoms with Gasteiger partial charge in [0.25, 0.3) is 0 Å². The third kappa shape index (κ3) is 3.28. The van der Waals surface area contributed by atoms with Crippen molar-refractivity contribution in [2.45, 2.75) is 17.0 Å². The van der Waals surface area contributed by atoms with E-state index in [1.54, 1.807) is 14.2 Å².